The third-order valence-electron chi connectivity index (χ3n) is 5.09. The number of carbonyl (C=O) groups excluding carboxylic acids is 2. The van der Waals surface area contributed by atoms with Crippen molar-refractivity contribution in [3.05, 3.63) is 52.7 Å². The van der Waals surface area contributed by atoms with Gasteiger partial charge in [-0.25, -0.2) is 9.78 Å². The van der Waals surface area contributed by atoms with Crippen molar-refractivity contribution in [1.82, 2.24) is 20.5 Å². The van der Waals surface area contributed by atoms with Crippen molar-refractivity contribution in [2.75, 3.05) is 13.1 Å². The van der Waals surface area contributed by atoms with Gasteiger partial charge in [-0.3, -0.25) is 4.79 Å². The van der Waals surface area contributed by atoms with Gasteiger partial charge in [-0.05, 0) is 38.2 Å². The second-order valence-electron chi connectivity index (χ2n) is 7.51. The van der Waals surface area contributed by atoms with E-state index in [-0.39, 0.29) is 18.5 Å². The molecule has 0 radical (unpaired) electrons. The van der Waals surface area contributed by atoms with E-state index in [1.807, 2.05) is 36.1 Å². The summed E-state index contributed by atoms with van der Waals surface area (Å²) < 4.78 is 5.57. The lowest BCUT2D eigenvalue weighted by atomic mass is 9.99. The first-order valence-electron chi connectivity index (χ1n) is 9.75. The molecule has 150 valence electrons. The van der Waals surface area contributed by atoms with Crippen molar-refractivity contribution in [2.45, 2.75) is 46.7 Å². The zero-order valence-corrected chi connectivity index (χ0v) is 16.7. The number of likely N-dealkylation sites (tertiary alicyclic amines) is 1. The Hall–Kier alpha value is -2.83. The topological polar surface area (TPSA) is 87.5 Å². The summed E-state index contributed by atoms with van der Waals surface area (Å²) in [6.07, 6.45) is 2.02. The Bertz CT molecular complexity index is 821. The first-order chi connectivity index (χ1) is 13.4. The largest absolute Gasteiger partial charge is 0.443 e. The van der Waals surface area contributed by atoms with Gasteiger partial charge in [0.2, 0.25) is 5.89 Å². The summed E-state index contributed by atoms with van der Waals surface area (Å²) in [7, 11) is 0. The number of oxazole rings is 1. The van der Waals surface area contributed by atoms with E-state index in [1.54, 1.807) is 6.92 Å². The maximum absolute atomic E-state index is 12.7. The van der Waals surface area contributed by atoms with Gasteiger partial charge in [0, 0.05) is 19.6 Å². The number of nitrogens with zero attached hydrogens (tertiary/aromatic N) is 2. The number of amides is 3. The van der Waals surface area contributed by atoms with Crippen LogP contribution in [0.5, 0.6) is 0 Å². The van der Waals surface area contributed by atoms with Gasteiger partial charge in [-0.1, -0.05) is 36.8 Å². The van der Waals surface area contributed by atoms with E-state index in [2.05, 4.69) is 22.5 Å². The van der Waals surface area contributed by atoms with Gasteiger partial charge in [-0.2, -0.15) is 0 Å². The van der Waals surface area contributed by atoms with Crippen LogP contribution in [0.2, 0.25) is 0 Å². The molecule has 7 heteroatoms. The van der Waals surface area contributed by atoms with Crippen molar-refractivity contribution in [1.29, 1.82) is 0 Å². The van der Waals surface area contributed by atoms with Crippen molar-refractivity contribution in [2.24, 2.45) is 5.92 Å². The van der Waals surface area contributed by atoms with Crippen molar-refractivity contribution >= 4 is 11.9 Å². The summed E-state index contributed by atoms with van der Waals surface area (Å²) in [5, 5.41) is 5.51. The molecule has 1 aliphatic heterocycles. The fourth-order valence-corrected chi connectivity index (χ4v) is 3.19. The van der Waals surface area contributed by atoms with E-state index < -0.39 is 0 Å². The molecule has 1 saturated heterocycles. The van der Waals surface area contributed by atoms with Crippen LogP contribution in [0.3, 0.4) is 0 Å². The Morgan fingerprint density at radius 2 is 1.75 bits per heavy atom. The molecule has 0 atom stereocenters. The molecule has 2 heterocycles. The van der Waals surface area contributed by atoms with E-state index in [0.29, 0.717) is 29.8 Å². The van der Waals surface area contributed by atoms with Crippen LogP contribution in [-0.2, 0) is 13.1 Å². The molecular weight excluding hydrogens is 356 g/mol. The quantitative estimate of drug-likeness (QED) is 0.829. The highest BCUT2D eigenvalue weighted by atomic mass is 16.4. The SMILES string of the molecule is Cc1ccc(CNC(=O)NCc2nc(C(=O)N3CCC(C)CC3)c(C)o2)cc1. The Kier molecular flexibility index (Phi) is 6.34. The molecule has 2 N–H and O–H groups in total. The minimum atomic E-state index is -0.311. The minimum Gasteiger partial charge on any atom is -0.443 e. The Morgan fingerprint density at radius 3 is 2.43 bits per heavy atom. The standard InChI is InChI=1S/C21H28N4O3/c1-14-4-6-17(7-5-14)12-22-21(27)23-13-18-24-19(16(3)28-18)20(26)25-10-8-15(2)9-11-25/h4-7,15H,8-13H2,1-3H3,(H2,22,23,27). The maximum atomic E-state index is 12.7. The summed E-state index contributed by atoms with van der Waals surface area (Å²) in [4.78, 5) is 30.8. The Balaban J connectivity index is 1.49. The Labute approximate surface area is 165 Å². The second kappa shape index (κ2) is 8.91. The van der Waals surface area contributed by atoms with E-state index in [0.717, 1.165) is 31.5 Å². The molecule has 2 aromatic rings. The third-order valence-corrected chi connectivity index (χ3v) is 5.09. The predicted molar refractivity (Wildman–Crippen MR) is 106 cm³/mol. The van der Waals surface area contributed by atoms with Crippen LogP contribution in [0.15, 0.2) is 28.7 Å². The fraction of sp³-hybridized carbons (Fsp3) is 0.476. The number of piperidine rings is 1. The van der Waals surface area contributed by atoms with Crippen LogP contribution >= 0.6 is 0 Å². The number of hydrogen-bond acceptors (Lipinski definition) is 4. The smallest absolute Gasteiger partial charge is 0.315 e. The third kappa shape index (κ3) is 5.12. The van der Waals surface area contributed by atoms with E-state index in [9.17, 15) is 9.59 Å². The van der Waals surface area contributed by atoms with Gasteiger partial charge < -0.3 is 20.0 Å². The number of nitrogens with one attached hydrogen (secondary N) is 2. The summed E-state index contributed by atoms with van der Waals surface area (Å²) in [6.45, 7) is 8.03. The van der Waals surface area contributed by atoms with E-state index in [1.165, 1.54) is 5.56 Å². The molecule has 0 unspecified atom stereocenters. The van der Waals surface area contributed by atoms with Crippen LogP contribution in [0.25, 0.3) is 0 Å². The minimum absolute atomic E-state index is 0.0942. The predicted octanol–water partition coefficient (Wildman–Crippen LogP) is 3.16. The fourth-order valence-electron chi connectivity index (χ4n) is 3.19. The molecule has 1 fully saturated rings. The molecule has 7 nitrogen and oxygen atoms in total. The molecule has 28 heavy (non-hydrogen) atoms. The van der Waals surface area contributed by atoms with E-state index in [4.69, 9.17) is 4.42 Å². The highest BCUT2D eigenvalue weighted by Crippen LogP contribution is 2.19. The van der Waals surface area contributed by atoms with Gasteiger partial charge in [0.25, 0.3) is 5.91 Å². The van der Waals surface area contributed by atoms with Crippen molar-refractivity contribution in [3.8, 4) is 0 Å². The summed E-state index contributed by atoms with van der Waals surface area (Å²) in [6, 6.07) is 7.66. The van der Waals surface area contributed by atoms with Crippen LogP contribution in [-0.4, -0.2) is 34.9 Å². The molecule has 0 saturated carbocycles. The van der Waals surface area contributed by atoms with Gasteiger partial charge in [0.15, 0.2) is 5.69 Å². The molecule has 1 aromatic carbocycles. The summed E-state index contributed by atoms with van der Waals surface area (Å²) in [5.74, 6) is 1.38. The molecule has 1 aromatic heterocycles. The molecule has 1 aliphatic rings. The maximum Gasteiger partial charge on any atom is 0.315 e. The molecule has 3 amide bonds. The van der Waals surface area contributed by atoms with Crippen LogP contribution in [0.1, 0.15) is 53.0 Å². The first kappa shape index (κ1) is 19.9. The second-order valence-corrected chi connectivity index (χ2v) is 7.51. The first-order valence-corrected chi connectivity index (χ1v) is 9.75. The van der Waals surface area contributed by atoms with E-state index >= 15 is 0 Å². The molecule has 3 rings (SSSR count). The van der Waals surface area contributed by atoms with Crippen molar-refractivity contribution < 1.29 is 14.0 Å². The van der Waals surface area contributed by atoms with Gasteiger partial charge >= 0.3 is 6.03 Å². The number of benzene rings is 1. The molecular formula is C21H28N4O3. The highest BCUT2D eigenvalue weighted by molar-refractivity contribution is 5.93. The van der Waals surface area contributed by atoms with Gasteiger partial charge in [0.05, 0.1) is 6.54 Å². The monoisotopic (exact) mass is 384 g/mol. The highest BCUT2D eigenvalue weighted by Gasteiger charge is 2.26. The number of urea groups is 1. The lowest BCUT2D eigenvalue weighted by Crippen LogP contribution is -2.38. The molecule has 0 bridgehead atoms. The Morgan fingerprint density at radius 1 is 1.11 bits per heavy atom. The average Bonchev–Trinajstić information content (AvgIpc) is 3.06. The molecule has 0 aliphatic carbocycles. The summed E-state index contributed by atoms with van der Waals surface area (Å²) >= 11 is 0. The van der Waals surface area contributed by atoms with Gasteiger partial charge in [-0.15, -0.1) is 0 Å². The number of aromatic nitrogens is 1. The van der Waals surface area contributed by atoms with Gasteiger partial charge in [0.1, 0.15) is 5.76 Å². The number of carbonyl (C=O) groups is 2. The zero-order valence-electron chi connectivity index (χ0n) is 16.7. The number of hydrogen-bond donors (Lipinski definition) is 2. The normalized spacial score (nSPS) is 14.8. The number of rotatable bonds is 5. The number of aryl methyl sites for hydroxylation is 2. The van der Waals surface area contributed by atoms with Crippen LogP contribution < -0.4 is 10.6 Å². The van der Waals surface area contributed by atoms with Crippen LogP contribution in [0.4, 0.5) is 4.79 Å². The van der Waals surface area contributed by atoms with Crippen LogP contribution in [0, 0.1) is 19.8 Å². The molecule has 0 spiro atoms. The zero-order chi connectivity index (χ0) is 20.1. The lowest BCUT2D eigenvalue weighted by Gasteiger charge is -2.29. The lowest BCUT2D eigenvalue weighted by molar-refractivity contribution is 0.0690. The average molecular weight is 384 g/mol. The summed E-state index contributed by atoms with van der Waals surface area (Å²) in [5.41, 5.74) is 2.54. The van der Waals surface area contributed by atoms with Crippen molar-refractivity contribution in [3.63, 3.8) is 0 Å².